The number of carbonyl (C=O) groups is 1. The van der Waals surface area contributed by atoms with Crippen molar-refractivity contribution in [3.8, 4) is 22.9 Å². The van der Waals surface area contributed by atoms with Crippen LogP contribution in [0.1, 0.15) is 16.9 Å². The molecule has 1 saturated heterocycles. The first-order valence-electron chi connectivity index (χ1n) is 9.38. The van der Waals surface area contributed by atoms with Gasteiger partial charge in [-0.25, -0.2) is 4.98 Å². The first kappa shape index (κ1) is 20.7. The van der Waals surface area contributed by atoms with E-state index in [4.69, 9.17) is 9.47 Å². The van der Waals surface area contributed by atoms with Gasteiger partial charge in [-0.05, 0) is 18.2 Å². The predicted molar refractivity (Wildman–Crippen MR) is 103 cm³/mol. The predicted octanol–water partition coefficient (Wildman–Crippen LogP) is 3.35. The third-order valence-corrected chi connectivity index (χ3v) is 4.87. The van der Waals surface area contributed by atoms with Crippen LogP contribution in [0.4, 0.5) is 13.2 Å². The Labute approximate surface area is 175 Å². The van der Waals surface area contributed by atoms with Gasteiger partial charge in [0.25, 0.3) is 5.91 Å². The molecule has 10 heteroatoms. The molecule has 3 heterocycles. The first-order valence-corrected chi connectivity index (χ1v) is 9.38. The second kappa shape index (κ2) is 7.92. The summed E-state index contributed by atoms with van der Waals surface area (Å²) in [7, 11) is 0. The Balaban J connectivity index is 1.68. The van der Waals surface area contributed by atoms with E-state index in [1.165, 1.54) is 12.3 Å². The van der Waals surface area contributed by atoms with Gasteiger partial charge in [0.05, 0.1) is 19.3 Å². The SMILES string of the molecule is N#CC1(NC(=O)c2cn3cccc(-c4ccccc4OCC(F)(F)F)c3n2)CCOC1. The van der Waals surface area contributed by atoms with Crippen molar-refractivity contribution >= 4 is 11.6 Å². The van der Waals surface area contributed by atoms with Gasteiger partial charge in [0.2, 0.25) is 0 Å². The Morgan fingerprint density at radius 1 is 1.29 bits per heavy atom. The number of rotatable bonds is 5. The molecule has 1 fully saturated rings. The molecule has 0 aliphatic carbocycles. The number of nitrogens with one attached hydrogen (secondary N) is 1. The molecule has 0 spiro atoms. The zero-order chi connectivity index (χ0) is 22.1. The van der Waals surface area contributed by atoms with E-state index in [1.54, 1.807) is 40.9 Å². The van der Waals surface area contributed by atoms with Gasteiger partial charge in [0, 0.05) is 29.9 Å². The van der Waals surface area contributed by atoms with Crippen molar-refractivity contribution in [2.24, 2.45) is 0 Å². The number of ether oxygens (including phenoxy) is 2. The van der Waals surface area contributed by atoms with E-state index in [-0.39, 0.29) is 18.1 Å². The number of hydrogen-bond acceptors (Lipinski definition) is 5. The molecule has 1 aliphatic rings. The van der Waals surface area contributed by atoms with Crippen molar-refractivity contribution in [3.05, 3.63) is 54.5 Å². The fourth-order valence-electron chi connectivity index (χ4n) is 3.37. The molecule has 31 heavy (non-hydrogen) atoms. The molecule has 4 rings (SSSR count). The van der Waals surface area contributed by atoms with Crippen LogP contribution in [0.2, 0.25) is 0 Å². The van der Waals surface area contributed by atoms with Crippen LogP contribution >= 0.6 is 0 Å². The highest BCUT2D eigenvalue weighted by Crippen LogP contribution is 2.33. The van der Waals surface area contributed by atoms with Crippen molar-refractivity contribution in [2.45, 2.75) is 18.1 Å². The molecule has 7 nitrogen and oxygen atoms in total. The minimum Gasteiger partial charge on any atom is -0.483 e. The van der Waals surface area contributed by atoms with Crippen molar-refractivity contribution in [3.63, 3.8) is 0 Å². The van der Waals surface area contributed by atoms with Gasteiger partial charge < -0.3 is 19.2 Å². The summed E-state index contributed by atoms with van der Waals surface area (Å²) in [4.78, 5) is 17.1. The molecular weight excluding hydrogens is 413 g/mol. The van der Waals surface area contributed by atoms with Gasteiger partial charge in [0.1, 0.15) is 17.1 Å². The molecule has 0 radical (unpaired) electrons. The van der Waals surface area contributed by atoms with Crippen molar-refractivity contribution in [1.29, 1.82) is 5.26 Å². The average Bonchev–Trinajstić information content (AvgIpc) is 3.39. The molecule has 0 saturated carbocycles. The van der Waals surface area contributed by atoms with Crippen molar-refractivity contribution in [2.75, 3.05) is 19.8 Å². The number of fused-ring (bicyclic) bond motifs is 1. The van der Waals surface area contributed by atoms with Crippen LogP contribution in [-0.2, 0) is 4.74 Å². The number of halogens is 3. The van der Waals surface area contributed by atoms with Crippen LogP contribution in [0.25, 0.3) is 16.8 Å². The summed E-state index contributed by atoms with van der Waals surface area (Å²) in [5.74, 6) is -0.489. The zero-order valence-electron chi connectivity index (χ0n) is 16.1. The fraction of sp³-hybridized carbons (Fsp3) is 0.286. The van der Waals surface area contributed by atoms with Gasteiger partial charge >= 0.3 is 6.18 Å². The Morgan fingerprint density at radius 3 is 2.77 bits per heavy atom. The summed E-state index contributed by atoms with van der Waals surface area (Å²) in [6, 6.07) is 11.8. The Kier molecular flexibility index (Phi) is 5.29. The van der Waals surface area contributed by atoms with Crippen LogP contribution in [0, 0.1) is 11.3 Å². The zero-order valence-corrected chi connectivity index (χ0v) is 16.1. The highest BCUT2D eigenvalue weighted by molar-refractivity contribution is 5.95. The van der Waals surface area contributed by atoms with Crippen molar-refractivity contribution in [1.82, 2.24) is 14.7 Å². The lowest BCUT2D eigenvalue weighted by atomic mass is 10.0. The number of para-hydroxylation sites is 1. The maximum absolute atomic E-state index is 12.7. The summed E-state index contributed by atoms with van der Waals surface area (Å²) in [5.41, 5.74) is 0.242. The maximum atomic E-state index is 12.7. The number of nitriles is 1. The number of pyridine rings is 1. The number of amides is 1. The largest absolute Gasteiger partial charge is 0.483 e. The normalized spacial score (nSPS) is 18.6. The molecule has 0 bridgehead atoms. The number of imidazole rings is 1. The smallest absolute Gasteiger partial charge is 0.422 e. The molecule has 1 amide bonds. The average molecular weight is 430 g/mol. The monoisotopic (exact) mass is 430 g/mol. The van der Waals surface area contributed by atoms with Gasteiger partial charge in [-0.3, -0.25) is 4.79 Å². The number of hydrogen-bond donors (Lipinski definition) is 1. The van der Waals surface area contributed by atoms with Gasteiger partial charge in [-0.1, -0.05) is 18.2 Å². The quantitative estimate of drug-likeness (QED) is 0.671. The lowest BCUT2D eigenvalue weighted by Crippen LogP contribution is -2.48. The Bertz CT molecular complexity index is 1160. The summed E-state index contributed by atoms with van der Waals surface area (Å²) in [6.45, 7) is -0.955. The van der Waals surface area contributed by atoms with E-state index in [9.17, 15) is 23.2 Å². The van der Waals surface area contributed by atoms with Crippen LogP contribution in [0.15, 0.2) is 48.8 Å². The fourth-order valence-corrected chi connectivity index (χ4v) is 3.37. The molecule has 1 aliphatic heterocycles. The van der Waals surface area contributed by atoms with Gasteiger partial charge in [-0.15, -0.1) is 0 Å². The number of alkyl halides is 3. The number of benzene rings is 1. The number of aromatic nitrogens is 2. The topological polar surface area (TPSA) is 88.7 Å². The second-order valence-electron chi connectivity index (χ2n) is 7.13. The van der Waals surface area contributed by atoms with Crippen LogP contribution in [0.5, 0.6) is 5.75 Å². The van der Waals surface area contributed by atoms with Crippen LogP contribution < -0.4 is 10.1 Å². The maximum Gasteiger partial charge on any atom is 0.422 e. The Morgan fingerprint density at radius 2 is 2.06 bits per heavy atom. The van der Waals surface area contributed by atoms with Gasteiger partial charge in [-0.2, -0.15) is 18.4 Å². The molecule has 1 unspecified atom stereocenters. The van der Waals surface area contributed by atoms with Crippen molar-refractivity contribution < 1.29 is 27.4 Å². The third-order valence-electron chi connectivity index (χ3n) is 4.87. The number of carbonyl (C=O) groups excluding carboxylic acids is 1. The third kappa shape index (κ3) is 4.32. The lowest BCUT2D eigenvalue weighted by molar-refractivity contribution is -0.153. The molecule has 1 N–H and O–H groups in total. The molecule has 3 aromatic rings. The Hall–Kier alpha value is -3.58. The minimum absolute atomic E-state index is 0.0495. The molecule has 160 valence electrons. The van der Waals surface area contributed by atoms with E-state index >= 15 is 0 Å². The van der Waals surface area contributed by atoms with Crippen LogP contribution in [0.3, 0.4) is 0 Å². The first-order chi connectivity index (χ1) is 14.8. The highest BCUT2D eigenvalue weighted by Gasteiger charge is 2.37. The lowest BCUT2D eigenvalue weighted by Gasteiger charge is -2.19. The molecule has 1 aromatic carbocycles. The second-order valence-corrected chi connectivity index (χ2v) is 7.13. The molecule has 1 atom stereocenters. The summed E-state index contributed by atoms with van der Waals surface area (Å²) < 4.78 is 49.7. The van der Waals surface area contributed by atoms with E-state index in [1.807, 2.05) is 0 Å². The standard InChI is InChI=1S/C21H17F3N4O3/c22-21(23,24)13-31-17-6-2-1-4-14(17)15-5-3-8-28-10-16(26-18(15)28)19(29)27-20(11-25)7-9-30-12-20/h1-6,8,10H,7,9,12-13H2,(H,27,29). The van der Waals surface area contributed by atoms with E-state index in [2.05, 4.69) is 16.4 Å². The van der Waals surface area contributed by atoms with Gasteiger partial charge in [0.15, 0.2) is 12.1 Å². The number of nitrogens with zero attached hydrogens (tertiary/aromatic N) is 3. The summed E-state index contributed by atoms with van der Waals surface area (Å²) in [5, 5.41) is 12.1. The van der Waals surface area contributed by atoms with E-state index in [0.29, 0.717) is 29.8 Å². The summed E-state index contributed by atoms with van der Waals surface area (Å²) in [6.07, 6.45) is -0.940. The van der Waals surface area contributed by atoms with E-state index < -0.39 is 24.2 Å². The highest BCUT2D eigenvalue weighted by atomic mass is 19.4. The summed E-state index contributed by atoms with van der Waals surface area (Å²) >= 11 is 0. The molecular formula is C21H17F3N4O3. The minimum atomic E-state index is -4.47. The molecule has 2 aromatic heterocycles. The van der Waals surface area contributed by atoms with E-state index in [0.717, 1.165) is 0 Å². The van der Waals surface area contributed by atoms with Crippen LogP contribution in [-0.4, -0.2) is 46.8 Å².